The Labute approximate surface area is 272 Å². The van der Waals surface area contributed by atoms with Gasteiger partial charge in [-0.2, -0.15) is 4.98 Å². The van der Waals surface area contributed by atoms with E-state index in [2.05, 4.69) is 16.5 Å². The van der Waals surface area contributed by atoms with Crippen molar-refractivity contribution in [3.63, 3.8) is 0 Å². The Morgan fingerprint density at radius 1 is 1.24 bits per heavy atom. The van der Waals surface area contributed by atoms with Crippen molar-refractivity contribution in [1.82, 2.24) is 24.3 Å². The molecule has 4 aromatic rings. The molecule has 1 amide bonds. The molecule has 4 heterocycles. The summed E-state index contributed by atoms with van der Waals surface area (Å²) in [5, 5.41) is 0.877. The minimum Gasteiger partial charge on any atom is -0.486 e. The van der Waals surface area contributed by atoms with Gasteiger partial charge in [-0.1, -0.05) is 38.1 Å². The number of ether oxygens (including phenoxy) is 1. The maximum absolute atomic E-state index is 15.9. The molecule has 2 aromatic heterocycles. The van der Waals surface area contributed by atoms with Crippen molar-refractivity contribution in [3.05, 3.63) is 86.8 Å². The number of nitrogens with zero attached hydrogens (tertiary/aromatic N) is 6. The predicted octanol–water partition coefficient (Wildman–Crippen LogP) is 5.85. The second-order valence-corrected chi connectivity index (χ2v) is 13.1. The summed E-state index contributed by atoms with van der Waals surface area (Å²) in [6.07, 6.45) is 3.04. The Morgan fingerprint density at radius 3 is 2.67 bits per heavy atom. The number of aromatic nitrogens is 3. The second-order valence-electron chi connectivity index (χ2n) is 12.6. The van der Waals surface area contributed by atoms with Crippen LogP contribution in [0.4, 0.5) is 10.2 Å². The van der Waals surface area contributed by atoms with Crippen LogP contribution in [0.2, 0.25) is 5.02 Å². The zero-order valence-electron chi connectivity index (χ0n) is 27.0. The molecule has 1 atom stereocenters. The number of hydrogen-bond donors (Lipinski definition) is 0. The van der Waals surface area contributed by atoms with Gasteiger partial charge >= 0.3 is 5.69 Å². The van der Waals surface area contributed by atoms with Gasteiger partial charge in [0.1, 0.15) is 23.8 Å². The number of carbonyl (C=O) groups is 1. The molecule has 1 saturated heterocycles. The Bertz CT molecular complexity index is 1960. The largest absolute Gasteiger partial charge is 0.486 e. The number of rotatable bonds is 6. The van der Waals surface area contributed by atoms with Crippen LogP contribution in [0.3, 0.4) is 0 Å². The molecule has 2 aromatic carbocycles. The van der Waals surface area contributed by atoms with Crippen molar-refractivity contribution in [2.45, 2.75) is 52.8 Å². The Kier molecular flexibility index (Phi) is 8.37. The van der Waals surface area contributed by atoms with E-state index < -0.39 is 11.5 Å². The van der Waals surface area contributed by atoms with Crippen LogP contribution in [0.15, 0.2) is 47.9 Å². The Hall–Kier alpha value is -4.28. The highest BCUT2D eigenvalue weighted by molar-refractivity contribution is 6.35. The lowest BCUT2D eigenvalue weighted by atomic mass is 9.91. The maximum atomic E-state index is 15.9. The van der Waals surface area contributed by atoms with E-state index in [0.717, 1.165) is 22.4 Å². The van der Waals surface area contributed by atoms with Crippen LogP contribution >= 0.6 is 11.6 Å². The van der Waals surface area contributed by atoms with E-state index in [0.29, 0.717) is 65.5 Å². The quantitative estimate of drug-likeness (QED) is 0.244. The first kappa shape index (κ1) is 31.7. The number of fused-ring (bicyclic) bond motifs is 5. The van der Waals surface area contributed by atoms with Crippen molar-refractivity contribution >= 4 is 34.2 Å². The first-order valence-corrected chi connectivity index (χ1v) is 15.8. The number of aryl methyl sites for hydroxylation is 1. The van der Waals surface area contributed by atoms with Gasteiger partial charge in [-0.05, 0) is 69.3 Å². The van der Waals surface area contributed by atoms with E-state index in [1.165, 1.54) is 12.1 Å². The number of hydrogen-bond acceptors (Lipinski definition) is 7. The summed E-state index contributed by atoms with van der Waals surface area (Å²) in [5.41, 5.74) is 4.54. The van der Waals surface area contributed by atoms with Gasteiger partial charge in [0, 0.05) is 60.5 Å². The van der Waals surface area contributed by atoms with E-state index in [4.69, 9.17) is 16.3 Å². The lowest BCUT2D eigenvalue weighted by Crippen LogP contribution is -2.54. The van der Waals surface area contributed by atoms with E-state index >= 15 is 4.39 Å². The molecule has 0 N–H and O–H groups in total. The number of amides is 1. The molecule has 2 aliphatic rings. The highest BCUT2D eigenvalue weighted by Crippen LogP contribution is 2.50. The number of pyridine rings is 1. The first-order valence-electron chi connectivity index (χ1n) is 15.4. The zero-order valence-corrected chi connectivity index (χ0v) is 27.8. The summed E-state index contributed by atoms with van der Waals surface area (Å²) >= 11 is 7.09. The van der Waals surface area contributed by atoms with Crippen molar-refractivity contribution in [2.24, 2.45) is 0 Å². The highest BCUT2D eigenvalue weighted by atomic mass is 35.5. The van der Waals surface area contributed by atoms with Gasteiger partial charge in [-0.25, -0.2) is 9.18 Å². The van der Waals surface area contributed by atoms with E-state index in [-0.39, 0.29) is 29.5 Å². The Balaban J connectivity index is 1.70. The number of piperazine rings is 1. The van der Waals surface area contributed by atoms with Gasteiger partial charge in [0.2, 0.25) is 5.91 Å². The molecule has 1 fully saturated rings. The summed E-state index contributed by atoms with van der Waals surface area (Å²) in [6.45, 7) is 13.6. The van der Waals surface area contributed by atoms with Crippen LogP contribution in [0, 0.1) is 12.7 Å². The smallest absolute Gasteiger partial charge is 0.354 e. The third-order valence-electron chi connectivity index (χ3n) is 8.83. The molecular weight excluding hydrogens is 607 g/mol. The normalized spacial score (nSPS) is 16.1. The van der Waals surface area contributed by atoms with Crippen molar-refractivity contribution in [3.8, 4) is 22.6 Å². The molecule has 2 aliphatic heterocycles. The van der Waals surface area contributed by atoms with E-state index in [1.807, 2.05) is 57.7 Å². The molecule has 0 saturated carbocycles. The van der Waals surface area contributed by atoms with Gasteiger partial charge in [0.15, 0.2) is 5.75 Å². The van der Waals surface area contributed by atoms with Crippen molar-refractivity contribution in [2.75, 3.05) is 38.6 Å². The van der Waals surface area contributed by atoms with Gasteiger partial charge in [0.05, 0.1) is 16.4 Å². The number of benzene rings is 2. The molecule has 6 rings (SSSR count). The van der Waals surface area contributed by atoms with E-state index in [1.54, 1.807) is 27.8 Å². The van der Waals surface area contributed by atoms with Crippen LogP contribution in [-0.2, 0) is 17.9 Å². The number of halogens is 2. The minimum atomic E-state index is -0.516. The summed E-state index contributed by atoms with van der Waals surface area (Å²) in [4.78, 5) is 41.9. The summed E-state index contributed by atoms with van der Waals surface area (Å²) in [5.74, 6) is 0.185. The van der Waals surface area contributed by atoms with Gasteiger partial charge in [-0.3, -0.25) is 14.3 Å². The molecule has 11 heteroatoms. The monoisotopic (exact) mass is 644 g/mol. The van der Waals surface area contributed by atoms with E-state index in [9.17, 15) is 9.59 Å². The molecule has 0 unspecified atom stereocenters. The Morgan fingerprint density at radius 2 is 2.00 bits per heavy atom. The minimum absolute atomic E-state index is 0.0113. The second kappa shape index (κ2) is 12.1. The topological polar surface area (TPSA) is 83.8 Å². The third-order valence-corrected chi connectivity index (χ3v) is 9.13. The zero-order chi connectivity index (χ0) is 33.0. The maximum Gasteiger partial charge on any atom is 0.354 e. The lowest BCUT2D eigenvalue weighted by molar-refractivity contribution is -0.126. The summed E-state index contributed by atoms with van der Waals surface area (Å²) in [7, 11) is 3.91. The molecule has 0 radical (unpaired) electrons. The fraction of sp³-hybridized carbons (Fsp3) is 0.371. The van der Waals surface area contributed by atoms with Crippen LogP contribution in [0.5, 0.6) is 5.75 Å². The molecule has 0 aliphatic carbocycles. The summed E-state index contributed by atoms with van der Waals surface area (Å²) in [6, 6.07) is 6.70. The standard InChI is InChI=1S/C35H38ClFN6O3/c1-8-27(44)41-13-14-42(21(5)16-41)34-23-15-25(36)29-28-24(22(17-40(6)7)9-10-26(28)37)18-46-33(29)32(23)43(35(45)39-34)31-20(4)11-12-38-30(31)19(2)3/h8-12,15,19,21H,1,13-14,16-18H2,2-7H3/t21-/m0/s1. The SMILES string of the molecule is C=CC(=O)N1CCN(c2nc(=O)n(-c3c(C)ccnc3C(C)C)c3c4c(c(Cl)cc23)-c2c(F)ccc(CN(C)C)c2CO4)[C@@H](C)C1. The fourth-order valence-electron chi connectivity index (χ4n) is 6.72. The molecular formula is C35H38ClFN6O3. The number of carbonyl (C=O) groups excluding carboxylic acids is 1. The van der Waals surface area contributed by atoms with Crippen LogP contribution in [-0.4, -0.2) is 70.0 Å². The van der Waals surface area contributed by atoms with Crippen LogP contribution in [0.25, 0.3) is 27.7 Å². The molecule has 46 heavy (non-hydrogen) atoms. The van der Waals surface area contributed by atoms with Crippen molar-refractivity contribution in [1.29, 1.82) is 0 Å². The van der Waals surface area contributed by atoms with Gasteiger partial charge in [-0.15, -0.1) is 0 Å². The summed E-state index contributed by atoms with van der Waals surface area (Å²) < 4.78 is 24.0. The lowest BCUT2D eigenvalue weighted by Gasteiger charge is -2.40. The van der Waals surface area contributed by atoms with Gasteiger partial charge in [0.25, 0.3) is 0 Å². The van der Waals surface area contributed by atoms with Crippen molar-refractivity contribution < 1.29 is 13.9 Å². The average molecular weight is 645 g/mol. The van der Waals surface area contributed by atoms with Gasteiger partial charge < -0.3 is 19.4 Å². The highest BCUT2D eigenvalue weighted by Gasteiger charge is 2.34. The molecule has 0 spiro atoms. The molecule has 240 valence electrons. The predicted molar refractivity (Wildman–Crippen MR) is 180 cm³/mol. The van der Waals surface area contributed by atoms with Crippen LogP contribution < -0.4 is 15.3 Å². The van der Waals surface area contributed by atoms with Crippen LogP contribution in [0.1, 0.15) is 49.1 Å². The fourth-order valence-corrected chi connectivity index (χ4v) is 7.01. The average Bonchev–Trinajstić information content (AvgIpc) is 3.01. The third kappa shape index (κ3) is 5.23. The molecule has 9 nitrogen and oxygen atoms in total. The first-order chi connectivity index (χ1) is 21.9. The molecule has 0 bridgehead atoms. The number of anilines is 1.